The van der Waals surface area contributed by atoms with Crippen LogP contribution < -0.4 is 11.1 Å². The Hall–Kier alpha value is -2.52. The van der Waals surface area contributed by atoms with Crippen LogP contribution in [0.2, 0.25) is 0 Å². The maximum atomic E-state index is 6.49. The predicted octanol–water partition coefficient (Wildman–Crippen LogP) is 4.14. The van der Waals surface area contributed by atoms with E-state index in [1.54, 1.807) is 0 Å². The van der Waals surface area contributed by atoms with Crippen LogP contribution in [0.25, 0.3) is 11.1 Å². The molecule has 2 aliphatic carbocycles. The summed E-state index contributed by atoms with van der Waals surface area (Å²) in [7, 11) is 1.83. The number of nitrogens with two attached hydrogens (primary N) is 1. The monoisotopic (exact) mass is 428 g/mol. The highest BCUT2D eigenvalue weighted by molar-refractivity contribution is 5.89. The summed E-state index contributed by atoms with van der Waals surface area (Å²) >= 11 is 0. The highest BCUT2D eigenvalue weighted by Crippen LogP contribution is 2.58. The van der Waals surface area contributed by atoms with Gasteiger partial charge in [-0.05, 0) is 81.2 Å². The molecule has 1 aliphatic heterocycles. The highest BCUT2D eigenvalue weighted by Gasteiger charge is 2.58. The van der Waals surface area contributed by atoms with Crippen molar-refractivity contribution >= 4 is 5.71 Å². The summed E-state index contributed by atoms with van der Waals surface area (Å²) in [6.45, 7) is 3.90. The Morgan fingerprint density at radius 2 is 1.94 bits per heavy atom. The van der Waals surface area contributed by atoms with Gasteiger partial charge in [-0.15, -0.1) is 5.92 Å². The molecule has 1 saturated carbocycles. The molecule has 2 aromatic rings. The molecular formula is C27H32N4O. The first-order valence-corrected chi connectivity index (χ1v) is 11.6. The van der Waals surface area contributed by atoms with E-state index in [0.29, 0.717) is 6.10 Å². The zero-order chi connectivity index (χ0) is 22.3. The Morgan fingerprint density at radius 3 is 2.62 bits per heavy atom. The maximum absolute atomic E-state index is 6.49. The molecule has 3 N–H and O–H groups in total. The number of rotatable bonds is 2. The summed E-state index contributed by atoms with van der Waals surface area (Å²) in [4.78, 5) is 9.74. The van der Waals surface area contributed by atoms with Gasteiger partial charge >= 0.3 is 0 Å². The number of benzene rings is 1. The molecule has 32 heavy (non-hydrogen) atoms. The highest BCUT2D eigenvalue weighted by atomic mass is 16.5. The predicted molar refractivity (Wildman–Crippen MR) is 128 cm³/mol. The number of hydrogen-bond acceptors (Lipinski definition) is 5. The minimum absolute atomic E-state index is 0.0524. The van der Waals surface area contributed by atoms with Crippen molar-refractivity contribution < 1.29 is 4.74 Å². The first-order chi connectivity index (χ1) is 15.5. The lowest BCUT2D eigenvalue weighted by molar-refractivity contribution is -0.0314. The quantitative estimate of drug-likeness (QED) is 0.705. The summed E-state index contributed by atoms with van der Waals surface area (Å²) < 4.78 is 5.70. The molecule has 2 unspecified atom stereocenters. The fourth-order valence-corrected chi connectivity index (χ4v) is 6.06. The largest absolute Gasteiger partial charge is 0.381 e. The molecule has 2 atom stereocenters. The summed E-state index contributed by atoms with van der Waals surface area (Å²) in [5.74, 6) is 6.09. The SMILES string of the molecule is CC#Cc1cncc(-c2ccc3c(c2)C2(N=C(C)C(N)N2)C2(CC3)CCC(OC)CC2)c1. The van der Waals surface area contributed by atoms with E-state index in [0.717, 1.165) is 60.9 Å². The molecule has 3 aliphatic rings. The van der Waals surface area contributed by atoms with E-state index < -0.39 is 5.66 Å². The molecule has 5 nitrogen and oxygen atoms in total. The normalized spacial score (nSPS) is 31.2. The Bertz CT molecular complexity index is 1120. The molecule has 1 aromatic carbocycles. The summed E-state index contributed by atoms with van der Waals surface area (Å²) in [5, 5.41) is 3.77. The van der Waals surface area contributed by atoms with Crippen molar-refractivity contribution in [1.29, 1.82) is 0 Å². The van der Waals surface area contributed by atoms with Crippen LogP contribution in [0.1, 0.15) is 62.6 Å². The van der Waals surface area contributed by atoms with Crippen LogP contribution in [0.15, 0.2) is 41.7 Å². The summed E-state index contributed by atoms with van der Waals surface area (Å²) in [6.07, 6.45) is 10.4. The second-order valence-electron chi connectivity index (χ2n) is 9.51. The number of pyridine rings is 1. The molecular weight excluding hydrogens is 396 g/mol. The summed E-state index contributed by atoms with van der Waals surface area (Å²) in [5.41, 5.74) is 12.8. The third-order valence-corrected chi connectivity index (χ3v) is 7.86. The van der Waals surface area contributed by atoms with Gasteiger partial charge in [-0.3, -0.25) is 15.3 Å². The average Bonchev–Trinajstić information content (AvgIpc) is 3.13. The number of hydrogen-bond donors (Lipinski definition) is 2. The van der Waals surface area contributed by atoms with Crippen molar-refractivity contribution in [2.24, 2.45) is 16.1 Å². The topological polar surface area (TPSA) is 72.5 Å². The smallest absolute Gasteiger partial charge is 0.143 e. The van der Waals surface area contributed by atoms with Gasteiger partial charge in [0.15, 0.2) is 0 Å². The molecule has 0 bridgehead atoms. The number of methoxy groups -OCH3 is 1. The van der Waals surface area contributed by atoms with Crippen molar-refractivity contribution in [1.82, 2.24) is 10.3 Å². The molecule has 5 rings (SSSR count). The molecule has 0 amide bonds. The Morgan fingerprint density at radius 1 is 1.12 bits per heavy atom. The van der Waals surface area contributed by atoms with Crippen molar-refractivity contribution in [3.63, 3.8) is 0 Å². The van der Waals surface area contributed by atoms with E-state index >= 15 is 0 Å². The number of aromatic nitrogens is 1. The van der Waals surface area contributed by atoms with Crippen LogP contribution in [0.3, 0.4) is 0 Å². The second kappa shape index (κ2) is 8.12. The van der Waals surface area contributed by atoms with Crippen molar-refractivity contribution in [3.05, 3.63) is 53.3 Å². The number of aryl methyl sites for hydroxylation is 1. The average molecular weight is 429 g/mol. The van der Waals surface area contributed by atoms with E-state index in [-0.39, 0.29) is 11.6 Å². The molecule has 2 heterocycles. The van der Waals surface area contributed by atoms with Crippen LogP contribution in [-0.2, 0) is 16.8 Å². The van der Waals surface area contributed by atoms with Crippen LogP contribution in [0.5, 0.6) is 0 Å². The van der Waals surface area contributed by atoms with Gasteiger partial charge in [-0.2, -0.15) is 0 Å². The van der Waals surface area contributed by atoms with E-state index in [1.165, 1.54) is 11.1 Å². The van der Waals surface area contributed by atoms with Crippen molar-refractivity contribution in [3.8, 4) is 23.0 Å². The third kappa shape index (κ3) is 3.29. The van der Waals surface area contributed by atoms with Gasteiger partial charge in [0.2, 0.25) is 0 Å². The number of fused-ring (bicyclic) bond motifs is 3. The standard InChI is InChI=1S/C27H32N4O/c1-4-5-19-14-22(17-29-16-19)21-7-6-20-8-11-26(12-9-23(32-3)10-13-26)27(24(20)15-21)30-18(2)25(28)31-27/h6-7,14-17,23,25,31H,8-13,28H2,1-3H3. The Balaban J connectivity index is 1.63. The zero-order valence-corrected chi connectivity index (χ0v) is 19.2. The van der Waals surface area contributed by atoms with Gasteiger partial charge in [0.25, 0.3) is 0 Å². The molecule has 1 aromatic heterocycles. The fourth-order valence-electron chi connectivity index (χ4n) is 6.06. The first kappa shape index (κ1) is 21.3. The lowest BCUT2D eigenvalue weighted by Crippen LogP contribution is -2.59. The van der Waals surface area contributed by atoms with Crippen LogP contribution in [-0.4, -0.2) is 30.1 Å². The van der Waals surface area contributed by atoms with Gasteiger partial charge < -0.3 is 10.5 Å². The van der Waals surface area contributed by atoms with E-state index in [1.807, 2.05) is 26.4 Å². The van der Waals surface area contributed by atoms with Gasteiger partial charge in [0.1, 0.15) is 5.66 Å². The number of nitrogens with zero attached hydrogens (tertiary/aromatic N) is 2. The molecule has 1 fully saturated rings. The summed E-state index contributed by atoms with van der Waals surface area (Å²) in [6, 6.07) is 8.91. The lowest BCUT2D eigenvalue weighted by Gasteiger charge is -2.54. The minimum Gasteiger partial charge on any atom is -0.381 e. The molecule has 0 radical (unpaired) electrons. The number of ether oxygens (including phenoxy) is 1. The van der Waals surface area contributed by atoms with Crippen LogP contribution >= 0.6 is 0 Å². The first-order valence-electron chi connectivity index (χ1n) is 11.6. The maximum Gasteiger partial charge on any atom is 0.143 e. The third-order valence-electron chi connectivity index (χ3n) is 7.86. The van der Waals surface area contributed by atoms with E-state index in [2.05, 4.69) is 53.3 Å². The molecule has 2 spiro atoms. The van der Waals surface area contributed by atoms with Gasteiger partial charge in [0.05, 0.1) is 12.3 Å². The Kier molecular flexibility index (Phi) is 5.41. The lowest BCUT2D eigenvalue weighted by atomic mass is 9.57. The zero-order valence-electron chi connectivity index (χ0n) is 19.2. The van der Waals surface area contributed by atoms with Crippen LogP contribution in [0.4, 0.5) is 0 Å². The van der Waals surface area contributed by atoms with Crippen LogP contribution in [0, 0.1) is 17.3 Å². The molecule has 5 heteroatoms. The van der Waals surface area contributed by atoms with E-state index in [4.69, 9.17) is 15.5 Å². The van der Waals surface area contributed by atoms with Crippen molar-refractivity contribution in [2.45, 2.75) is 70.3 Å². The van der Waals surface area contributed by atoms with Gasteiger partial charge in [-0.1, -0.05) is 18.1 Å². The number of aliphatic imine (C=N–C) groups is 1. The fraction of sp³-hybridized carbons (Fsp3) is 0.481. The second-order valence-corrected chi connectivity index (χ2v) is 9.51. The van der Waals surface area contributed by atoms with Crippen molar-refractivity contribution in [2.75, 3.05) is 7.11 Å². The van der Waals surface area contributed by atoms with Gasteiger partial charge in [-0.25, -0.2) is 0 Å². The van der Waals surface area contributed by atoms with Gasteiger partial charge in [0, 0.05) is 41.8 Å². The van der Waals surface area contributed by atoms with E-state index in [9.17, 15) is 0 Å². The Labute approximate surface area is 190 Å². The molecule has 0 saturated heterocycles. The number of nitrogens with one attached hydrogen (secondary N) is 1. The molecule has 166 valence electrons. The minimum atomic E-state index is -0.479.